The van der Waals surface area contributed by atoms with E-state index in [-0.39, 0.29) is 0 Å². The van der Waals surface area contributed by atoms with Crippen molar-refractivity contribution in [2.45, 2.75) is 33.2 Å². The molecule has 3 N–H and O–H groups in total. The SMILES string of the molecule is Cc1cc(O)c(CNc2ccccc2N2CCC(CO)CC2)cc1C. The van der Waals surface area contributed by atoms with Crippen LogP contribution in [0.5, 0.6) is 5.75 Å². The number of phenolic OH excluding ortho intramolecular Hbond substituents is 1. The fraction of sp³-hybridized carbons (Fsp3) is 0.429. The number of nitrogens with zero attached hydrogens (tertiary/aromatic N) is 1. The Bertz CT molecular complexity index is 722. The monoisotopic (exact) mass is 340 g/mol. The van der Waals surface area contributed by atoms with E-state index in [1.54, 1.807) is 0 Å². The summed E-state index contributed by atoms with van der Waals surface area (Å²) in [5, 5.41) is 23.0. The van der Waals surface area contributed by atoms with E-state index in [4.69, 9.17) is 0 Å². The second-order valence-electron chi connectivity index (χ2n) is 7.05. The number of para-hydroxylation sites is 2. The minimum Gasteiger partial charge on any atom is -0.508 e. The summed E-state index contributed by atoms with van der Waals surface area (Å²) in [6, 6.07) is 12.2. The fourth-order valence-electron chi connectivity index (χ4n) is 3.45. The second kappa shape index (κ2) is 7.79. The molecule has 0 spiro atoms. The van der Waals surface area contributed by atoms with Gasteiger partial charge in [-0.2, -0.15) is 0 Å². The minimum absolute atomic E-state index is 0.291. The first-order valence-corrected chi connectivity index (χ1v) is 9.06. The molecule has 0 saturated carbocycles. The summed E-state index contributed by atoms with van der Waals surface area (Å²) in [6.45, 7) is 6.91. The van der Waals surface area contributed by atoms with Crippen molar-refractivity contribution in [3.63, 3.8) is 0 Å². The molecule has 1 heterocycles. The van der Waals surface area contributed by atoms with Crippen molar-refractivity contribution in [3.8, 4) is 5.75 Å². The van der Waals surface area contributed by atoms with Crippen LogP contribution < -0.4 is 10.2 Å². The van der Waals surface area contributed by atoms with Crippen LogP contribution in [0.15, 0.2) is 36.4 Å². The van der Waals surface area contributed by atoms with E-state index in [2.05, 4.69) is 35.3 Å². The van der Waals surface area contributed by atoms with Crippen LogP contribution >= 0.6 is 0 Å². The van der Waals surface area contributed by atoms with Crippen molar-refractivity contribution in [1.29, 1.82) is 0 Å². The Kier molecular flexibility index (Phi) is 5.49. The van der Waals surface area contributed by atoms with Crippen LogP contribution in [0.4, 0.5) is 11.4 Å². The van der Waals surface area contributed by atoms with Gasteiger partial charge < -0.3 is 20.4 Å². The van der Waals surface area contributed by atoms with Crippen LogP contribution in [0.1, 0.15) is 29.5 Å². The zero-order chi connectivity index (χ0) is 17.8. The Hall–Kier alpha value is -2.20. The number of piperidine rings is 1. The van der Waals surface area contributed by atoms with Gasteiger partial charge in [0.2, 0.25) is 0 Å². The predicted molar refractivity (Wildman–Crippen MR) is 103 cm³/mol. The Labute approximate surface area is 150 Å². The van der Waals surface area contributed by atoms with E-state index in [1.165, 1.54) is 11.3 Å². The Morgan fingerprint density at radius 1 is 1.08 bits per heavy atom. The average molecular weight is 340 g/mol. The molecule has 0 bridgehead atoms. The molecule has 4 heteroatoms. The molecule has 2 aromatic rings. The first-order chi connectivity index (χ1) is 12.1. The Balaban J connectivity index is 1.73. The maximum atomic E-state index is 10.2. The summed E-state index contributed by atoms with van der Waals surface area (Å²) in [6.07, 6.45) is 2.06. The molecule has 0 amide bonds. The molecule has 134 valence electrons. The molecule has 25 heavy (non-hydrogen) atoms. The van der Waals surface area contributed by atoms with Gasteiger partial charge in [-0.05, 0) is 61.9 Å². The van der Waals surface area contributed by atoms with Crippen molar-refractivity contribution >= 4 is 11.4 Å². The third-order valence-corrected chi connectivity index (χ3v) is 5.28. The van der Waals surface area contributed by atoms with E-state index >= 15 is 0 Å². The van der Waals surface area contributed by atoms with Gasteiger partial charge in [0, 0.05) is 31.8 Å². The molecule has 1 aliphatic rings. The molecular weight excluding hydrogens is 312 g/mol. The number of aromatic hydroxyl groups is 1. The summed E-state index contributed by atoms with van der Waals surface area (Å²) < 4.78 is 0. The highest BCUT2D eigenvalue weighted by molar-refractivity contribution is 5.70. The highest BCUT2D eigenvalue weighted by Gasteiger charge is 2.20. The van der Waals surface area contributed by atoms with Crippen LogP contribution in [0, 0.1) is 19.8 Å². The van der Waals surface area contributed by atoms with Gasteiger partial charge >= 0.3 is 0 Å². The molecule has 0 radical (unpaired) electrons. The lowest BCUT2D eigenvalue weighted by atomic mass is 9.97. The van der Waals surface area contributed by atoms with Gasteiger partial charge in [0.05, 0.1) is 11.4 Å². The maximum Gasteiger partial charge on any atom is 0.120 e. The van der Waals surface area contributed by atoms with Gasteiger partial charge in [-0.15, -0.1) is 0 Å². The number of hydrogen-bond donors (Lipinski definition) is 3. The van der Waals surface area contributed by atoms with Crippen LogP contribution in [-0.4, -0.2) is 29.9 Å². The number of rotatable bonds is 5. The van der Waals surface area contributed by atoms with Gasteiger partial charge in [0.1, 0.15) is 5.75 Å². The Morgan fingerprint density at radius 2 is 1.76 bits per heavy atom. The molecule has 4 nitrogen and oxygen atoms in total. The molecule has 1 fully saturated rings. The second-order valence-corrected chi connectivity index (χ2v) is 7.05. The largest absolute Gasteiger partial charge is 0.508 e. The molecule has 1 aliphatic heterocycles. The zero-order valence-electron chi connectivity index (χ0n) is 15.1. The molecule has 3 rings (SSSR count). The van der Waals surface area contributed by atoms with Crippen LogP contribution in [0.2, 0.25) is 0 Å². The van der Waals surface area contributed by atoms with E-state index in [9.17, 15) is 10.2 Å². The van der Waals surface area contributed by atoms with Crippen LogP contribution in [-0.2, 0) is 6.54 Å². The maximum absolute atomic E-state index is 10.2. The standard InChI is InChI=1S/C21H28N2O2/c1-15-11-18(21(25)12-16(15)2)13-22-19-5-3-4-6-20(19)23-9-7-17(14-24)8-10-23/h3-6,11-12,17,22,24-25H,7-10,13-14H2,1-2H3. The summed E-state index contributed by atoms with van der Waals surface area (Å²) in [5.41, 5.74) is 5.49. The molecule has 2 aromatic carbocycles. The van der Waals surface area contributed by atoms with Crippen LogP contribution in [0.3, 0.4) is 0 Å². The quantitative estimate of drug-likeness (QED) is 0.774. The number of nitrogens with one attached hydrogen (secondary N) is 1. The Morgan fingerprint density at radius 3 is 2.48 bits per heavy atom. The first kappa shape index (κ1) is 17.6. The lowest BCUT2D eigenvalue weighted by Gasteiger charge is -2.34. The van der Waals surface area contributed by atoms with Crippen molar-refractivity contribution in [2.24, 2.45) is 5.92 Å². The van der Waals surface area contributed by atoms with E-state index in [0.29, 0.717) is 24.8 Å². The predicted octanol–water partition coefficient (Wildman–Crippen LogP) is 3.83. The molecular formula is C21H28N2O2. The fourth-order valence-corrected chi connectivity index (χ4v) is 3.45. The number of aliphatic hydroxyl groups is 1. The van der Waals surface area contributed by atoms with Gasteiger partial charge in [0.15, 0.2) is 0 Å². The minimum atomic E-state index is 0.291. The van der Waals surface area contributed by atoms with Gasteiger partial charge in [-0.3, -0.25) is 0 Å². The van der Waals surface area contributed by atoms with Crippen LogP contribution in [0.25, 0.3) is 0 Å². The van der Waals surface area contributed by atoms with Gasteiger partial charge in [-0.25, -0.2) is 0 Å². The summed E-state index contributed by atoms with van der Waals surface area (Å²) >= 11 is 0. The molecule has 0 aliphatic carbocycles. The third kappa shape index (κ3) is 4.07. The van der Waals surface area contributed by atoms with Crippen molar-refractivity contribution in [3.05, 3.63) is 53.1 Å². The van der Waals surface area contributed by atoms with Crippen molar-refractivity contribution in [2.75, 3.05) is 29.9 Å². The van der Waals surface area contributed by atoms with Gasteiger partial charge in [-0.1, -0.05) is 18.2 Å². The smallest absolute Gasteiger partial charge is 0.120 e. The summed E-state index contributed by atoms with van der Waals surface area (Å²) in [4.78, 5) is 2.38. The van der Waals surface area contributed by atoms with E-state index < -0.39 is 0 Å². The number of aryl methyl sites for hydroxylation is 2. The third-order valence-electron chi connectivity index (χ3n) is 5.28. The normalized spacial score (nSPS) is 15.4. The van der Waals surface area contributed by atoms with Crippen molar-refractivity contribution in [1.82, 2.24) is 0 Å². The van der Waals surface area contributed by atoms with E-state index in [0.717, 1.165) is 42.7 Å². The molecule has 0 aromatic heterocycles. The highest BCUT2D eigenvalue weighted by atomic mass is 16.3. The lowest BCUT2D eigenvalue weighted by Crippen LogP contribution is -2.35. The number of aliphatic hydroxyl groups excluding tert-OH is 1. The van der Waals surface area contributed by atoms with Gasteiger partial charge in [0.25, 0.3) is 0 Å². The highest BCUT2D eigenvalue weighted by Crippen LogP contribution is 2.31. The zero-order valence-corrected chi connectivity index (χ0v) is 15.1. The molecule has 0 atom stereocenters. The first-order valence-electron chi connectivity index (χ1n) is 9.06. The molecule has 0 unspecified atom stereocenters. The summed E-state index contributed by atoms with van der Waals surface area (Å²) in [7, 11) is 0. The number of hydrogen-bond acceptors (Lipinski definition) is 4. The summed E-state index contributed by atoms with van der Waals surface area (Å²) in [5.74, 6) is 0.778. The van der Waals surface area contributed by atoms with Crippen molar-refractivity contribution < 1.29 is 10.2 Å². The van der Waals surface area contributed by atoms with E-state index in [1.807, 2.05) is 25.1 Å². The molecule has 1 saturated heterocycles. The number of benzene rings is 2. The average Bonchev–Trinajstić information content (AvgIpc) is 2.64. The number of anilines is 2. The topological polar surface area (TPSA) is 55.7 Å². The number of phenols is 1. The lowest BCUT2D eigenvalue weighted by molar-refractivity contribution is 0.203.